The molecule has 0 radical (unpaired) electrons. The number of unbranched alkanes of at least 4 members (excludes halogenated alkanes) is 2. The third kappa shape index (κ3) is 6.40. The van der Waals surface area contributed by atoms with Gasteiger partial charge >= 0.3 is 112 Å². The Morgan fingerprint density at radius 3 is 2.67 bits per heavy atom. The molecule has 0 aliphatic rings. The van der Waals surface area contributed by atoms with E-state index in [0.717, 1.165) is 0 Å². The molecular formula is C13H17BrTe. The van der Waals surface area contributed by atoms with Gasteiger partial charge in [-0.1, -0.05) is 0 Å². The molecule has 15 heavy (non-hydrogen) atoms. The second-order valence-corrected chi connectivity index (χ2v) is 7.16. The second-order valence-electron chi connectivity index (χ2n) is 3.45. The van der Waals surface area contributed by atoms with Crippen LogP contribution in [-0.4, -0.2) is 20.9 Å². The Morgan fingerprint density at radius 1 is 1.27 bits per heavy atom. The summed E-state index contributed by atoms with van der Waals surface area (Å²) in [5, 5.41) is 0. The van der Waals surface area contributed by atoms with Crippen molar-refractivity contribution in [3.63, 3.8) is 0 Å². The zero-order valence-corrected chi connectivity index (χ0v) is 13.0. The predicted octanol–water partition coefficient (Wildman–Crippen LogP) is 3.83. The van der Waals surface area contributed by atoms with Gasteiger partial charge in [0.25, 0.3) is 0 Å². The van der Waals surface area contributed by atoms with Gasteiger partial charge in [-0.25, -0.2) is 0 Å². The molecule has 82 valence electrons. The fraction of sp³-hybridized carbons (Fsp3) is 0.385. The summed E-state index contributed by atoms with van der Waals surface area (Å²) in [5.74, 6) is 0. The molecule has 0 saturated heterocycles. The molecule has 0 heterocycles. The van der Waals surface area contributed by atoms with Gasteiger partial charge in [-0.3, -0.25) is 0 Å². The molecule has 0 atom stereocenters. The molecule has 0 aliphatic carbocycles. The van der Waals surface area contributed by atoms with Crippen LogP contribution in [0.5, 0.6) is 0 Å². The Hall–Kier alpha value is 0.230. The van der Waals surface area contributed by atoms with Crippen molar-refractivity contribution in [3.8, 4) is 0 Å². The van der Waals surface area contributed by atoms with E-state index < -0.39 is 0 Å². The maximum absolute atomic E-state index is 3.66. The average molecular weight is 381 g/mol. The maximum atomic E-state index is 3.66. The van der Waals surface area contributed by atoms with Gasteiger partial charge < -0.3 is 0 Å². The number of hydrogen-bond donors (Lipinski definition) is 0. The predicted molar refractivity (Wildman–Crippen MR) is 73.0 cm³/mol. The standard InChI is InChI=1S/C13H17BrTe/c1-2-3-5-8-12(14)11-15-13-9-6-4-7-10-13/h4,6-7,9-11H,2-3,5,8H2,1H3/b12-11+. The van der Waals surface area contributed by atoms with Crippen molar-refractivity contribution in [2.45, 2.75) is 32.6 Å². The van der Waals surface area contributed by atoms with Gasteiger partial charge in [0.05, 0.1) is 0 Å². The summed E-state index contributed by atoms with van der Waals surface area (Å²) >= 11 is 3.54. The van der Waals surface area contributed by atoms with Crippen molar-refractivity contribution in [1.29, 1.82) is 0 Å². The summed E-state index contributed by atoms with van der Waals surface area (Å²) in [7, 11) is 0. The van der Waals surface area contributed by atoms with Gasteiger partial charge in [-0.05, 0) is 0 Å². The molecule has 0 bridgehead atoms. The summed E-state index contributed by atoms with van der Waals surface area (Å²) in [6.45, 7) is 2.25. The Kier molecular flexibility index (Phi) is 7.44. The van der Waals surface area contributed by atoms with Crippen LogP contribution in [0.3, 0.4) is 0 Å². The molecule has 2 heteroatoms. The van der Waals surface area contributed by atoms with Crippen molar-refractivity contribution in [3.05, 3.63) is 38.9 Å². The molecule has 0 unspecified atom stereocenters. The van der Waals surface area contributed by atoms with Crippen molar-refractivity contribution in [2.75, 3.05) is 0 Å². The van der Waals surface area contributed by atoms with E-state index in [4.69, 9.17) is 0 Å². The number of hydrogen-bond acceptors (Lipinski definition) is 0. The minimum absolute atomic E-state index is 0.123. The summed E-state index contributed by atoms with van der Waals surface area (Å²) in [6.07, 6.45) is 5.17. The normalized spacial score (nSPS) is 11.7. The SMILES string of the molecule is CCCCC/C(Br)=C\[Te]c1ccccc1. The first-order chi connectivity index (χ1) is 7.33. The fourth-order valence-corrected chi connectivity index (χ4v) is 4.13. The van der Waals surface area contributed by atoms with Crippen LogP contribution in [-0.2, 0) is 0 Å². The third-order valence-electron chi connectivity index (χ3n) is 2.09. The van der Waals surface area contributed by atoms with Crippen LogP contribution in [0.2, 0.25) is 0 Å². The number of benzene rings is 1. The van der Waals surface area contributed by atoms with Crippen LogP contribution >= 0.6 is 15.9 Å². The Morgan fingerprint density at radius 2 is 2.00 bits per heavy atom. The van der Waals surface area contributed by atoms with Gasteiger partial charge in [0.15, 0.2) is 0 Å². The minimum atomic E-state index is -0.123. The molecule has 0 spiro atoms. The van der Waals surface area contributed by atoms with Crippen LogP contribution in [0.4, 0.5) is 0 Å². The molecule has 1 aromatic rings. The number of rotatable bonds is 6. The first kappa shape index (κ1) is 13.3. The van der Waals surface area contributed by atoms with Gasteiger partial charge in [0.1, 0.15) is 0 Å². The fourth-order valence-electron chi connectivity index (χ4n) is 1.23. The average Bonchev–Trinajstić information content (AvgIpc) is 2.28. The molecule has 0 amide bonds. The van der Waals surface area contributed by atoms with E-state index in [1.165, 1.54) is 33.8 Å². The number of halogens is 1. The van der Waals surface area contributed by atoms with Gasteiger partial charge in [-0.15, -0.1) is 0 Å². The van der Waals surface area contributed by atoms with E-state index in [9.17, 15) is 0 Å². The third-order valence-corrected chi connectivity index (χ3v) is 6.36. The Bertz CT molecular complexity index is 293. The monoisotopic (exact) mass is 382 g/mol. The van der Waals surface area contributed by atoms with Crippen LogP contribution in [0, 0.1) is 0 Å². The molecular weight excluding hydrogens is 364 g/mol. The summed E-state index contributed by atoms with van der Waals surface area (Å²) in [5.41, 5.74) is 0. The van der Waals surface area contributed by atoms with E-state index >= 15 is 0 Å². The first-order valence-electron chi connectivity index (χ1n) is 5.39. The molecule has 0 fully saturated rings. The summed E-state index contributed by atoms with van der Waals surface area (Å²) in [4.78, 5) is 0. The van der Waals surface area contributed by atoms with Crippen molar-refractivity contribution in [1.82, 2.24) is 0 Å². The molecule has 0 aromatic heterocycles. The van der Waals surface area contributed by atoms with E-state index in [-0.39, 0.29) is 20.9 Å². The van der Waals surface area contributed by atoms with E-state index in [0.29, 0.717) is 0 Å². The van der Waals surface area contributed by atoms with E-state index in [1.54, 1.807) is 0 Å². The first-order valence-corrected chi connectivity index (χ1v) is 8.69. The summed E-state index contributed by atoms with van der Waals surface area (Å²) in [6, 6.07) is 10.8. The van der Waals surface area contributed by atoms with E-state index in [2.05, 4.69) is 57.3 Å². The van der Waals surface area contributed by atoms with Crippen molar-refractivity contribution in [2.24, 2.45) is 0 Å². The van der Waals surface area contributed by atoms with Crippen LogP contribution in [0.1, 0.15) is 32.6 Å². The quantitative estimate of drug-likeness (QED) is 0.520. The molecule has 0 aliphatic heterocycles. The Balaban J connectivity index is 2.31. The zero-order valence-electron chi connectivity index (χ0n) is 9.08. The van der Waals surface area contributed by atoms with Crippen LogP contribution in [0.25, 0.3) is 0 Å². The summed E-state index contributed by atoms with van der Waals surface area (Å²) < 4.78 is 5.33. The molecule has 0 saturated carbocycles. The molecule has 1 rings (SSSR count). The molecule has 0 nitrogen and oxygen atoms in total. The second kappa shape index (κ2) is 8.39. The van der Waals surface area contributed by atoms with Crippen LogP contribution < -0.4 is 3.61 Å². The van der Waals surface area contributed by atoms with Gasteiger partial charge in [-0.2, -0.15) is 0 Å². The van der Waals surface area contributed by atoms with E-state index in [1.807, 2.05) is 0 Å². The molecule has 0 N–H and O–H groups in total. The van der Waals surface area contributed by atoms with Crippen molar-refractivity contribution >= 4 is 40.5 Å². The topological polar surface area (TPSA) is 0 Å². The zero-order chi connectivity index (χ0) is 10.9. The number of allylic oxidation sites excluding steroid dienone is 1. The van der Waals surface area contributed by atoms with Gasteiger partial charge in [0, 0.05) is 0 Å². The molecule has 1 aromatic carbocycles. The van der Waals surface area contributed by atoms with Crippen LogP contribution in [0.15, 0.2) is 38.9 Å². The van der Waals surface area contributed by atoms with Gasteiger partial charge in [0.2, 0.25) is 0 Å². The van der Waals surface area contributed by atoms with Crippen molar-refractivity contribution < 1.29 is 0 Å². The Labute approximate surface area is 111 Å².